The number of hydrogen-bond donors (Lipinski definition) is 1. The first-order valence-electron chi connectivity index (χ1n) is 8.69. The van der Waals surface area contributed by atoms with Gasteiger partial charge >= 0.3 is 0 Å². The highest BCUT2D eigenvalue weighted by atomic mass is 19.1. The first kappa shape index (κ1) is 16.9. The fourth-order valence-electron chi connectivity index (χ4n) is 2.94. The van der Waals surface area contributed by atoms with Crippen molar-refractivity contribution in [3.8, 4) is 5.75 Å². The fourth-order valence-corrected chi connectivity index (χ4v) is 2.94. The molecule has 3 nitrogen and oxygen atoms in total. The third-order valence-electron chi connectivity index (χ3n) is 4.33. The molecule has 1 fully saturated rings. The Labute approximate surface area is 143 Å². The van der Waals surface area contributed by atoms with E-state index in [9.17, 15) is 4.39 Å². The fraction of sp³-hybridized carbons (Fsp3) is 0.400. The Morgan fingerprint density at radius 3 is 2.29 bits per heavy atom. The van der Waals surface area contributed by atoms with E-state index in [1.807, 2.05) is 0 Å². The maximum Gasteiger partial charge on any atom is 0.123 e. The van der Waals surface area contributed by atoms with Crippen molar-refractivity contribution in [3.05, 3.63) is 65.5 Å². The molecule has 128 valence electrons. The van der Waals surface area contributed by atoms with Gasteiger partial charge in [-0.15, -0.1) is 0 Å². The lowest BCUT2D eigenvalue weighted by molar-refractivity contribution is 0.233. The van der Waals surface area contributed by atoms with Gasteiger partial charge in [0, 0.05) is 32.7 Å². The maximum absolute atomic E-state index is 12.8. The highest BCUT2D eigenvalue weighted by molar-refractivity contribution is 5.23. The topological polar surface area (TPSA) is 24.5 Å². The van der Waals surface area contributed by atoms with Gasteiger partial charge in [-0.3, -0.25) is 4.90 Å². The lowest BCUT2D eigenvalue weighted by Gasteiger charge is -2.27. The largest absolute Gasteiger partial charge is 0.494 e. The van der Waals surface area contributed by atoms with Crippen molar-refractivity contribution in [1.29, 1.82) is 0 Å². The van der Waals surface area contributed by atoms with Crippen LogP contribution in [-0.4, -0.2) is 37.7 Å². The molecular weight excluding hydrogens is 303 g/mol. The van der Waals surface area contributed by atoms with Gasteiger partial charge in [-0.2, -0.15) is 0 Å². The lowest BCUT2D eigenvalue weighted by atomic mass is 10.1. The number of aryl methyl sites for hydroxylation is 1. The van der Waals surface area contributed by atoms with Crippen LogP contribution in [0.2, 0.25) is 0 Å². The molecule has 0 unspecified atom stereocenters. The minimum Gasteiger partial charge on any atom is -0.494 e. The number of hydrogen-bond acceptors (Lipinski definition) is 3. The van der Waals surface area contributed by atoms with Crippen LogP contribution in [0.15, 0.2) is 48.5 Å². The van der Waals surface area contributed by atoms with E-state index in [2.05, 4.69) is 34.5 Å². The van der Waals surface area contributed by atoms with Crippen molar-refractivity contribution in [1.82, 2.24) is 10.2 Å². The van der Waals surface area contributed by atoms with E-state index in [1.165, 1.54) is 23.3 Å². The van der Waals surface area contributed by atoms with E-state index in [-0.39, 0.29) is 5.82 Å². The van der Waals surface area contributed by atoms with E-state index in [1.54, 1.807) is 12.1 Å². The molecule has 1 aliphatic heterocycles. The third kappa shape index (κ3) is 5.32. The molecule has 3 rings (SSSR count). The second-order valence-corrected chi connectivity index (χ2v) is 6.25. The zero-order valence-corrected chi connectivity index (χ0v) is 14.0. The first-order chi connectivity index (χ1) is 11.8. The number of halogens is 1. The minimum absolute atomic E-state index is 0.233. The van der Waals surface area contributed by atoms with Gasteiger partial charge in [0.25, 0.3) is 0 Å². The maximum atomic E-state index is 12.8. The summed E-state index contributed by atoms with van der Waals surface area (Å²) in [5.74, 6) is 0.492. The molecule has 0 spiro atoms. The van der Waals surface area contributed by atoms with E-state index in [4.69, 9.17) is 4.74 Å². The Kier molecular flexibility index (Phi) is 6.21. The van der Waals surface area contributed by atoms with Crippen molar-refractivity contribution in [2.45, 2.75) is 19.4 Å². The molecule has 0 saturated carbocycles. The number of benzene rings is 2. The van der Waals surface area contributed by atoms with E-state index >= 15 is 0 Å². The van der Waals surface area contributed by atoms with Crippen molar-refractivity contribution >= 4 is 0 Å². The van der Waals surface area contributed by atoms with E-state index in [0.717, 1.165) is 51.3 Å². The van der Waals surface area contributed by atoms with Gasteiger partial charge in [0.15, 0.2) is 0 Å². The molecule has 0 atom stereocenters. The molecule has 0 radical (unpaired) electrons. The highest BCUT2D eigenvalue weighted by Crippen LogP contribution is 2.13. The molecule has 4 heteroatoms. The van der Waals surface area contributed by atoms with Crippen LogP contribution in [0.3, 0.4) is 0 Å². The molecule has 0 aliphatic carbocycles. The molecule has 1 aliphatic rings. The summed E-state index contributed by atoms with van der Waals surface area (Å²) in [5.41, 5.74) is 2.71. The van der Waals surface area contributed by atoms with Crippen molar-refractivity contribution in [2.75, 3.05) is 32.8 Å². The van der Waals surface area contributed by atoms with Crippen molar-refractivity contribution in [2.24, 2.45) is 0 Å². The molecule has 2 aromatic carbocycles. The molecule has 1 heterocycles. The average Bonchev–Trinajstić information content (AvgIpc) is 2.62. The number of ether oxygens (including phenoxy) is 1. The Balaban J connectivity index is 1.38. The summed E-state index contributed by atoms with van der Waals surface area (Å²) >= 11 is 0. The number of rotatable bonds is 7. The van der Waals surface area contributed by atoms with Crippen LogP contribution < -0.4 is 10.1 Å². The summed E-state index contributed by atoms with van der Waals surface area (Å²) < 4.78 is 18.4. The second kappa shape index (κ2) is 8.81. The monoisotopic (exact) mass is 328 g/mol. The molecule has 0 amide bonds. The number of nitrogens with zero attached hydrogens (tertiary/aromatic N) is 1. The number of piperazine rings is 1. The van der Waals surface area contributed by atoms with Gasteiger partial charge in [-0.1, -0.05) is 24.3 Å². The smallest absolute Gasteiger partial charge is 0.123 e. The van der Waals surface area contributed by atoms with Gasteiger partial charge in [0.2, 0.25) is 0 Å². The molecule has 0 aromatic heterocycles. The minimum atomic E-state index is -0.233. The zero-order valence-electron chi connectivity index (χ0n) is 14.0. The zero-order chi connectivity index (χ0) is 16.6. The Hall–Kier alpha value is -1.91. The molecule has 1 saturated heterocycles. The summed E-state index contributed by atoms with van der Waals surface area (Å²) in [5, 5.41) is 3.38. The van der Waals surface area contributed by atoms with Gasteiger partial charge in [0.05, 0.1) is 6.61 Å². The molecular formula is C20H25FN2O. The van der Waals surface area contributed by atoms with Crippen molar-refractivity contribution < 1.29 is 9.13 Å². The average molecular weight is 328 g/mol. The predicted octanol–water partition coefficient (Wildman–Crippen LogP) is 3.24. The SMILES string of the molecule is Fc1ccc(OCCCc2ccc(CN3CCNCC3)cc2)cc1. The van der Waals surface area contributed by atoms with Crippen LogP contribution >= 0.6 is 0 Å². The summed E-state index contributed by atoms with van der Waals surface area (Å²) in [6, 6.07) is 15.1. The summed E-state index contributed by atoms with van der Waals surface area (Å²) in [7, 11) is 0. The third-order valence-corrected chi connectivity index (χ3v) is 4.33. The highest BCUT2D eigenvalue weighted by Gasteiger charge is 2.09. The van der Waals surface area contributed by atoms with Crippen LogP contribution in [0.5, 0.6) is 5.75 Å². The number of nitrogens with one attached hydrogen (secondary N) is 1. The van der Waals surface area contributed by atoms with E-state index < -0.39 is 0 Å². The first-order valence-corrected chi connectivity index (χ1v) is 8.69. The van der Waals surface area contributed by atoms with Crippen LogP contribution in [0.25, 0.3) is 0 Å². The molecule has 0 bridgehead atoms. The summed E-state index contributed by atoms with van der Waals surface area (Å²) in [6.45, 7) is 6.12. The van der Waals surface area contributed by atoms with Crippen LogP contribution in [0, 0.1) is 5.82 Å². The van der Waals surface area contributed by atoms with E-state index in [0.29, 0.717) is 6.61 Å². The van der Waals surface area contributed by atoms with Crippen LogP contribution in [0.1, 0.15) is 17.5 Å². The van der Waals surface area contributed by atoms with Crippen LogP contribution in [-0.2, 0) is 13.0 Å². The van der Waals surface area contributed by atoms with Crippen LogP contribution in [0.4, 0.5) is 4.39 Å². The Morgan fingerprint density at radius 2 is 1.58 bits per heavy atom. The summed E-state index contributed by atoms with van der Waals surface area (Å²) in [4.78, 5) is 2.49. The summed E-state index contributed by atoms with van der Waals surface area (Å²) in [6.07, 6.45) is 1.95. The van der Waals surface area contributed by atoms with Gasteiger partial charge < -0.3 is 10.1 Å². The predicted molar refractivity (Wildman–Crippen MR) is 94.8 cm³/mol. The Morgan fingerprint density at radius 1 is 0.917 bits per heavy atom. The van der Waals surface area contributed by atoms with Crippen molar-refractivity contribution in [3.63, 3.8) is 0 Å². The van der Waals surface area contributed by atoms with Gasteiger partial charge in [-0.05, 0) is 48.2 Å². The van der Waals surface area contributed by atoms with Gasteiger partial charge in [-0.25, -0.2) is 4.39 Å². The van der Waals surface area contributed by atoms with Gasteiger partial charge in [0.1, 0.15) is 11.6 Å². The quantitative estimate of drug-likeness (QED) is 0.790. The normalized spacial score (nSPS) is 15.4. The molecule has 2 aromatic rings. The molecule has 1 N–H and O–H groups in total. The molecule has 24 heavy (non-hydrogen) atoms. The lowest BCUT2D eigenvalue weighted by Crippen LogP contribution is -2.42. The standard InChI is InChI=1S/C20H25FN2O/c21-19-7-9-20(10-8-19)24-15-1-2-17-3-5-18(6-4-17)16-23-13-11-22-12-14-23/h3-10,22H,1-2,11-16H2. The Bertz CT molecular complexity index is 607. The second-order valence-electron chi connectivity index (χ2n) is 6.25.